The highest BCUT2D eigenvalue weighted by molar-refractivity contribution is 5.22. The standard InChI is InChI=1S/C13H21N3O3/c1-3-10-11(17)14-13(19)16(12(10)18)8-9-5-6-15(4-2)7-9/h9,18H,3-8H2,1-2H3,(H,14,17,19). The van der Waals surface area contributed by atoms with Gasteiger partial charge in [-0.05, 0) is 31.8 Å². The molecule has 1 aliphatic heterocycles. The van der Waals surface area contributed by atoms with Crippen molar-refractivity contribution in [1.29, 1.82) is 0 Å². The van der Waals surface area contributed by atoms with E-state index < -0.39 is 11.2 Å². The molecule has 6 heteroatoms. The Labute approximate surface area is 111 Å². The fraction of sp³-hybridized carbons (Fsp3) is 0.692. The minimum atomic E-state index is -0.519. The quantitative estimate of drug-likeness (QED) is 0.814. The van der Waals surface area contributed by atoms with E-state index in [1.165, 1.54) is 4.57 Å². The molecule has 19 heavy (non-hydrogen) atoms. The highest BCUT2D eigenvalue weighted by Gasteiger charge is 2.23. The van der Waals surface area contributed by atoms with Crippen LogP contribution in [0.4, 0.5) is 0 Å². The largest absolute Gasteiger partial charge is 0.494 e. The molecule has 106 valence electrons. The molecule has 2 rings (SSSR count). The Bertz CT molecular complexity index is 561. The van der Waals surface area contributed by atoms with Gasteiger partial charge in [-0.2, -0.15) is 0 Å². The summed E-state index contributed by atoms with van der Waals surface area (Å²) in [6.07, 6.45) is 1.42. The van der Waals surface area contributed by atoms with Gasteiger partial charge in [-0.15, -0.1) is 0 Å². The van der Waals surface area contributed by atoms with E-state index in [-0.39, 0.29) is 11.4 Å². The molecule has 2 N–H and O–H groups in total. The predicted molar refractivity (Wildman–Crippen MR) is 72.6 cm³/mol. The summed E-state index contributed by atoms with van der Waals surface area (Å²) >= 11 is 0. The number of hydrogen-bond donors (Lipinski definition) is 2. The van der Waals surface area contributed by atoms with Gasteiger partial charge in [0.2, 0.25) is 5.88 Å². The van der Waals surface area contributed by atoms with Crippen LogP contribution in [0.15, 0.2) is 9.59 Å². The Kier molecular flexibility index (Phi) is 4.09. The number of rotatable bonds is 4. The number of H-pyrrole nitrogens is 1. The fourth-order valence-electron chi connectivity index (χ4n) is 2.70. The lowest BCUT2D eigenvalue weighted by Gasteiger charge is -2.16. The molecule has 2 heterocycles. The van der Waals surface area contributed by atoms with Crippen LogP contribution in [0, 0.1) is 5.92 Å². The highest BCUT2D eigenvalue weighted by atomic mass is 16.3. The molecule has 0 amide bonds. The summed E-state index contributed by atoms with van der Waals surface area (Å²) < 4.78 is 1.30. The zero-order chi connectivity index (χ0) is 14.0. The van der Waals surface area contributed by atoms with Gasteiger partial charge in [-0.3, -0.25) is 14.3 Å². The number of aromatic hydroxyl groups is 1. The summed E-state index contributed by atoms with van der Waals surface area (Å²) in [4.78, 5) is 27.9. The molecular weight excluding hydrogens is 246 g/mol. The lowest BCUT2D eigenvalue weighted by Crippen LogP contribution is -2.34. The summed E-state index contributed by atoms with van der Waals surface area (Å²) in [5, 5.41) is 10.1. The first-order chi connectivity index (χ1) is 9.06. The summed E-state index contributed by atoms with van der Waals surface area (Å²) in [6, 6.07) is 0. The summed E-state index contributed by atoms with van der Waals surface area (Å²) in [6.45, 7) is 7.33. The van der Waals surface area contributed by atoms with Crippen molar-refractivity contribution in [1.82, 2.24) is 14.5 Å². The molecule has 0 aromatic carbocycles. The number of likely N-dealkylation sites (tertiary alicyclic amines) is 1. The molecule has 6 nitrogen and oxygen atoms in total. The molecule has 1 saturated heterocycles. The van der Waals surface area contributed by atoms with Gasteiger partial charge in [0.25, 0.3) is 5.56 Å². The van der Waals surface area contributed by atoms with Crippen LogP contribution in [0.1, 0.15) is 25.8 Å². The third kappa shape index (κ3) is 2.73. The first-order valence-corrected chi connectivity index (χ1v) is 6.84. The van der Waals surface area contributed by atoms with Crippen molar-refractivity contribution in [3.63, 3.8) is 0 Å². The van der Waals surface area contributed by atoms with Crippen LogP contribution in [0.5, 0.6) is 5.88 Å². The Morgan fingerprint density at radius 3 is 2.68 bits per heavy atom. The van der Waals surface area contributed by atoms with Gasteiger partial charge in [0.05, 0.1) is 5.56 Å². The molecule has 0 radical (unpaired) electrons. The number of nitrogens with zero attached hydrogens (tertiary/aromatic N) is 2. The average molecular weight is 267 g/mol. The lowest BCUT2D eigenvalue weighted by atomic mass is 10.1. The molecule has 1 aromatic rings. The third-order valence-corrected chi connectivity index (χ3v) is 3.88. The zero-order valence-electron chi connectivity index (χ0n) is 11.5. The van der Waals surface area contributed by atoms with Crippen molar-refractivity contribution in [3.8, 4) is 5.88 Å². The van der Waals surface area contributed by atoms with E-state index in [1.807, 2.05) is 0 Å². The predicted octanol–water partition coefficient (Wildman–Crippen LogP) is 0.146. The van der Waals surface area contributed by atoms with Crippen LogP contribution in [-0.4, -0.2) is 39.2 Å². The van der Waals surface area contributed by atoms with E-state index in [4.69, 9.17) is 0 Å². The van der Waals surface area contributed by atoms with Crippen molar-refractivity contribution >= 4 is 0 Å². The van der Waals surface area contributed by atoms with E-state index in [1.54, 1.807) is 6.92 Å². The number of aromatic nitrogens is 2. The van der Waals surface area contributed by atoms with Gasteiger partial charge in [0.1, 0.15) is 0 Å². The van der Waals surface area contributed by atoms with E-state index in [9.17, 15) is 14.7 Å². The topological polar surface area (TPSA) is 78.3 Å². The minimum Gasteiger partial charge on any atom is -0.494 e. The van der Waals surface area contributed by atoms with Crippen LogP contribution in [0.2, 0.25) is 0 Å². The molecule has 0 spiro atoms. The van der Waals surface area contributed by atoms with E-state index in [2.05, 4.69) is 16.8 Å². The Hall–Kier alpha value is -1.56. The smallest absolute Gasteiger partial charge is 0.331 e. The van der Waals surface area contributed by atoms with Gasteiger partial charge in [-0.25, -0.2) is 4.79 Å². The maximum absolute atomic E-state index is 11.8. The third-order valence-electron chi connectivity index (χ3n) is 3.88. The van der Waals surface area contributed by atoms with Gasteiger partial charge in [-0.1, -0.05) is 13.8 Å². The van der Waals surface area contributed by atoms with Crippen LogP contribution < -0.4 is 11.2 Å². The van der Waals surface area contributed by atoms with Crippen molar-refractivity contribution in [2.45, 2.75) is 33.2 Å². The number of nitrogens with one attached hydrogen (secondary N) is 1. The number of aromatic amines is 1. The fourth-order valence-corrected chi connectivity index (χ4v) is 2.70. The molecule has 1 atom stereocenters. The first kappa shape index (κ1) is 13.9. The van der Waals surface area contributed by atoms with Crippen molar-refractivity contribution in [3.05, 3.63) is 26.4 Å². The average Bonchev–Trinajstić information content (AvgIpc) is 2.82. The Morgan fingerprint density at radius 2 is 2.11 bits per heavy atom. The Morgan fingerprint density at radius 1 is 1.37 bits per heavy atom. The molecule has 1 aliphatic rings. The Balaban J connectivity index is 2.26. The second-order valence-electron chi connectivity index (χ2n) is 5.07. The second-order valence-corrected chi connectivity index (χ2v) is 5.07. The summed E-state index contributed by atoms with van der Waals surface area (Å²) in [7, 11) is 0. The van der Waals surface area contributed by atoms with Gasteiger partial charge >= 0.3 is 5.69 Å². The second kappa shape index (κ2) is 5.61. The van der Waals surface area contributed by atoms with Crippen molar-refractivity contribution < 1.29 is 5.11 Å². The van der Waals surface area contributed by atoms with Crippen LogP contribution in [-0.2, 0) is 13.0 Å². The van der Waals surface area contributed by atoms with Gasteiger partial charge in [0, 0.05) is 13.1 Å². The molecule has 0 bridgehead atoms. The summed E-state index contributed by atoms with van der Waals surface area (Å²) in [5.41, 5.74) is -0.720. The van der Waals surface area contributed by atoms with E-state index in [0.717, 1.165) is 26.1 Å². The normalized spacial score (nSPS) is 20.0. The monoisotopic (exact) mass is 267 g/mol. The molecule has 0 saturated carbocycles. The van der Waals surface area contributed by atoms with E-state index in [0.29, 0.717) is 18.9 Å². The zero-order valence-corrected chi connectivity index (χ0v) is 11.5. The summed E-state index contributed by atoms with van der Waals surface area (Å²) in [5.74, 6) is 0.172. The van der Waals surface area contributed by atoms with Crippen LogP contribution in [0.25, 0.3) is 0 Å². The minimum absolute atomic E-state index is 0.175. The molecule has 1 aromatic heterocycles. The maximum atomic E-state index is 11.8. The van der Waals surface area contributed by atoms with Crippen molar-refractivity contribution in [2.75, 3.05) is 19.6 Å². The lowest BCUT2D eigenvalue weighted by molar-refractivity contribution is 0.318. The molecule has 1 unspecified atom stereocenters. The molecule has 1 fully saturated rings. The van der Waals surface area contributed by atoms with Gasteiger partial charge in [0.15, 0.2) is 0 Å². The van der Waals surface area contributed by atoms with Crippen molar-refractivity contribution in [2.24, 2.45) is 5.92 Å². The first-order valence-electron chi connectivity index (χ1n) is 6.84. The molecular formula is C13H21N3O3. The van der Waals surface area contributed by atoms with E-state index >= 15 is 0 Å². The van der Waals surface area contributed by atoms with Crippen LogP contribution in [0.3, 0.4) is 0 Å². The van der Waals surface area contributed by atoms with Gasteiger partial charge < -0.3 is 10.0 Å². The number of hydrogen-bond acceptors (Lipinski definition) is 4. The molecule has 0 aliphatic carbocycles. The SMILES string of the molecule is CCc1c(O)n(CC2CCN(CC)C2)c(=O)[nH]c1=O. The highest BCUT2D eigenvalue weighted by Crippen LogP contribution is 2.20. The maximum Gasteiger partial charge on any atom is 0.331 e. The van der Waals surface area contributed by atoms with Crippen LogP contribution >= 0.6 is 0 Å².